The van der Waals surface area contributed by atoms with E-state index in [2.05, 4.69) is 16.0 Å². The predicted molar refractivity (Wildman–Crippen MR) is 64.7 cm³/mol. The topological polar surface area (TPSA) is 71.3 Å². The molecule has 0 aliphatic heterocycles. The predicted octanol–water partition coefficient (Wildman–Crippen LogP) is 0.689. The zero-order valence-corrected chi connectivity index (χ0v) is 10.7. The summed E-state index contributed by atoms with van der Waals surface area (Å²) in [7, 11) is -2.18. The van der Waals surface area contributed by atoms with Gasteiger partial charge in [-0.3, -0.25) is 5.32 Å². The molecule has 6 heteroatoms. The van der Waals surface area contributed by atoms with Crippen molar-refractivity contribution in [1.82, 2.24) is 10.0 Å². The van der Waals surface area contributed by atoms with E-state index in [1.807, 2.05) is 6.92 Å². The summed E-state index contributed by atoms with van der Waals surface area (Å²) < 4.78 is 30.2. The monoisotopic (exact) mass is 256 g/mol. The molecule has 1 aromatic rings. The van der Waals surface area contributed by atoms with Crippen molar-refractivity contribution in [2.75, 3.05) is 7.05 Å². The van der Waals surface area contributed by atoms with Gasteiger partial charge in [0.25, 0.3) is 10.0 Å². The molecule has 0 saturated carbocycles. The molecule has 1 atom stereocenters. The highest BCUT2D eigenvalue weighted by Gasteiger charge is 2.16. The molecule has 1 unspecified atom stereocenters. The standard InChI is InChI=1S/C11H16N2O3S/c1-4-9(5-2)13-8-10-6-7-11(16-10)17(14,15)12-3/h1,6-7,9,12-13H,5,8H2,2-3H3. The van der Waals surface area contributed by atoms with Gasteiger partial charge in [0, 0.05) is 0 Å². The lowest BCUT2D eigenvalue weighted by Gasteiger charge is -2.08. The zero-order chi connectivity index (χ0) is 12.9. The lowest BCUT2D eigenvalue weighted by molar-refractivity contribution is 0.395. The van der Waals surface area contributed by atoms with Crippen LogP contribution in [0, 0.1) is 12.3 Å². The maximum Gasteiger partial charge on any atom is 0.273 e. The highest BCUT2D eigenvalue weighted by molar-refractivity contribution is 7.89. The minimum Gasteiger partial charge on any atom is -0.447 e. The summed E-state index contributed by atoms with van der Waals surface area (Å²) in [5.74, 6) is 3.12. The number of sulfonamides is 1. The average molecular weight is 256 g/mol. The maximum absolute atomic E-state index is 11.4. The van der Waals surface area contributed by atoms with Crippen LogP contribution in [0.2, 0.25) is 0 Å². The molecule has 1 rings (SSSR count). The van der Waals surface area contributed by atoms with E-state index in [9.17, 15) is 8.42 Å². The Morgan fingerprint density at radius 1 is 1.53 bits per heavy atom. The Labute approximate surface area is 102 Å². The molecule has 94 valence electrons. The summed E-state index contributed by atoms with van der Waals surface area (Å²) >= 11 is 0. The third kappa shape index (κ3) is 3.60. The maximum atomic E-state index is 11.4. The fraction of sp³-hybridized carbons (Fsp3) is 0.455. The Balaban J connectivity index is 2.68. The smallest absolute Gasteiger partial charge is 0.273 e. The lowest BCUT2D eigenvalue weighted by Crippen LogP contribution is -2.25. The lowest BCUT2D eigenvalue weighted by atomic mass is 10.2. The normalized spacial score (nSPS) is 13.2. The molecule has 0 aliphatic carbocycles. The van der Waals surface area contributed by atoms with Crippen LogP contribution < -0.4 is 10.0 Å². The van der Waals surface area contributed by atoms with E-state index in [1.54, 1.807) is 6.07 Å². The molecule has 0 aromatic carbocycles. The van der Waals surface area contributed by atoms with Crippen LogP contribution in [0.1, 0.15) is 19.1 Å². The first-order valence-corrected chi connectivity index (χ1v) is 6.73. The van der Waals surface area contributed by atoms with Crippen molar-refractivity contribution in [3.8, 4) is 12.3 Å². The molecule has 0 spiro atoms. The summed E-state index contributed by atoms with van der Waals surface area (Å²) in [5.41, 5.74) is 0. The second-order valence-electron chi connectivity index (χ2n) is 3.44. The van der Waals surface area contributed by atoms with Crippen LogP contribution in [0.15, 0.2) is 21.6 Å². The van der Waals surface area contributed by atoms with E-state index >= 15 is 0 Å². The molecular weight excluding hydrogens is 240 g/mol. The van der Waals surface area contributed by atoms with Crippen LogP contribution >= 0.6 is 0 Å². The molecule has 0 saturated heterocycles. The third-order valence-electron chi connectivity index (χ3n) is 2.30. The van der Waals surface area contributed by atoms with Crippen molar-refractivity contribution >= 4 is 10.0 Å². The second-order valence-corrected chi connectivity index (χ2v) is 5.25. The van der Waals surface area contributed by atoms with Crippen LogP contribution in [-0.4, -0.2) is 21.5 Å². The van der Waals surface area contributed by atoms with Gasteiger partial charge in [0.2, 0.25) is 5.09 Å². The van der Waals surface area contributed by atoms with Crippen molar-refractivity contribution in [1.29, 1.82) is 0 Å². The average Bonchev–Trinajstić information content (AvgIpc) is 2.80. The van der Waals surface area contributed by atoms with Crippen LogP contribution in [0.25, 0.3) is 0 Å². The van der Waals surface area contributed by atoms with Gasteiger partial charge in [-0.1, -0.05) is 12.8 Å². The van der Waals surface area contributed by atoms with Crippen molar-refractivity contribution in [2.24, 2.45) is 0 Å². The highest BCUT2D eigenvalue weighted by Crippen LogP contribution is 2.13. The fourth-order valence-corrected chi connectivity index (χ4v) is 1.91. The molecule has 0 radical (unpaired) electrons. The van der Waals surface area contributed by atoms with E-state index in [-0.39, 0.29) is 11.1 Å². The highest BCUT2D eigenvalue weighted by atomic mass is 32.2. The minimum absolute atomic E-state index is 0.0375. The van der Waals surface area contributed by atoms with E-state index in [4.69, 9.17) is 10.8 Å². The first-order valence-electron chi connectivity index (χ1n) is 5.25. The molecule has 0 fully saturated rings. The van der Waals surface area contributed by atoms with Crippen LogP contribution in [0.3, 0.4) is 0 Å². The first kappa shape index (κ1) is 13.8. The summed E-state index contributed by atoms with van der Waals surface area (Å²) in [6.07, 6.45) is 6.10. The van der Waals surface area contributed by atoms with Gasteiger partial charge >= 0.3 is 0 Å². The van der Waals surface area contributed by atoms with Gasteiger partial charge in [0.05, 0.1) is 12.6 Å². The van der Waals surface area contributed by atoms with Crippen molar-refractivity contribution in [2.45, 2.75) is 31.0 Å². The Morgan fingerprint density at radius 3 is 2.76 bits per heavy atom. The Morgan fingerprint density at radius 2 is 2.24 bits per heavy atom. The Kier molecular flexibility index (Phi) is 4.75. The van der Waals surface area contributed by atoms with Gasteiger partial charge in [-0.15, -0.1) is 6.42 Å². The largest absolute Gasteiger partial charge is 0.447 e. The first-order chi connectivity index (χ1) is 8.03. The van der Waals surface area contributed by atoms with Crippen LogP contribution in [-0.2, 0) is 16.6 Å². The van der Waals surface area contributed by atoms with Gasteiger partial charge in [-0.05, 0) is 25.6 Å². The molecule has 1 aromatic heterocycles. The molecule has 1 heterocycles. The van der Waals surface area contributed by atoms with Crippen LogP contribution in [0.4, 0.5) is 0 Å². The Bertz CT molecular complexity index is 499. The third-order valence-corrected chi connectivity index (χ3v) is 3.59. The molecule has 0 aliphatic rings. The number of hydrogen-bond acceptors (Lipinski definition) is 4. The summed E-state index contributed by atoms with van der Waals surface area (Å²) in [5, 5.41) is 2.98. The number of furan rings is 1. The van der Waals surface area contributed by atoms with E-state index in [0.29, 0.717) is 12.3 Å². The van der Waals surface area contributed by atoms with Gasteiger partial charge in [-0.2, -0.15) is 0 Å². The van der Waals surface area contributed by atoms with Crippen LogP contribution in [0.5, 0.6) is 0 Å². The van der Waals surface area contributed by atoms with Gasteiger partial charge in [0.15, 0.2) is 0 Å². The van der Waals surface area contributed by atoms with E-state index in [1.165, 1.54) is 13.1 Å². The minimum atomic E-state index is -3.51. The van der Waals surface area contributed by atoms with Crippen molar-refractivity contribution in [3.05, 3.63) is 17.9 Å². The van der Waals surface area contributed by atoms with E-state index in [0.717, 1.165) is 6.42 Å². The quantitative estimate of drug-likeness (QED) is 0.735. The van der Waals surface area contributed by atoms with Crippen molar-refractivity contribution in [3.63, 3.8) is 0 Å². The molecule has 17 heavy (non-hydrogen) atoms. The fourth-order valence-electron chi connectivity index (χ4n) is 1.24. The number of hydrogen-bond donors (Lipinski definition) is 2. The number of rotatable bonds is 6. The molecule has 0 bridgehead atoms. The summed E-state index contributed by atoms with van der Waals surface area (Å²) in [4.78, 5) is 0. The SMILES string of the molecule is C#CC(CC)NCc1ccc(S(=O)(=O)NC)o1. The molecule has 0 amide bonds. The van der Waals surface area contributed by atoms with Gasteiger partial charge < -0.3 is 4.42 Å². The Hall–Kier alpha value is -1.29. The molecular formula is C11H16N2O3S. The van der Waals surface area contributed by atoms with Gasteiger partial charge in [-0.25, -0.2) is 13.1 Å². The molecule has 5 nitrogen and oxygen atoms in total. The number of terminal acetylenes is 1. The second kappa shape index (κ2) is 5.87. The van der Waals surface area contributed by atoms with Crippen molar-refractivity contribution < 1.29 is 12.8 Å². The zero-order valence-electron chi connectivity index (χ0n) is 9.86. The van der Waals surface area contributed by atoms with E-state index < -0.39 is 10.0 Å². The molecule has 2 N–H and O–H groups in total. The summed E-state index contributed by atoms with van der Waals surface area (Å²) in [6, 6.07) is 2.99. The number of nitrogens with one attached hydrogen (secondary N) is 2. The summed E-state index contributed by atoms with van der Waals surface area (Å²) in [6.45, 7) is 2.37. The van der Waals surface area contributed by atoms with Gasteiger partial charge in [0.1, 0.15) is 5.76 Å².